The van der Waals surface area contributed by atoms with Crippen molar-refractivity contribution in [3.63, 3.8) is 0 Å². The zero-order valence-corrected chi connectivity index (χ0v) is 11.5. The molecular weight excluding hydrogens is 256 g/mol. The number of nitrogens with one attached hydrogen (secondary N) is 1. The van der Waals surface area contributed by atoms with Gasteiger partial charge in [-0.2, -0.15) is 5.10 Å². The number of benzene rings is 1. The van der Waals surface area contributed by atoms with Gasteiger partial charge in [0.15, 0.2) is 11.5 Å². The minimum absolute atomic E-state index is 0.185. The average Bonchev–Trinajstić information content (AvgIpc) is 2.92. The van der Waals surface area contributed by atoms with Crippen LogP contribution in [0.25, 0.3) is 11.1 Å². The normalized spacial score (nSPS) is 10.9. The third-order valence-corrected chi connectivity index (χ3v) is 3.23. The summed E-state index contributed by atoms with van der Waals surface area (Å²) >= 11 is 0. The number of aryl methyl sites for hydroxylation is 2. The van der Waals surface area contributed by atoms with Crippen molar-refractivity contribution in [1.29, 1.82) is 0 Å². The van der Waals surface area contributed by atoms with E-state index in [-0.39, 0.29) is 5.91 Å². The predicted octanol–water partition coefficient (Wildman–Crippen LogP) is 2.43. The lowest BCUT2D eigenvalue weighted by atomic mass is 10.2. The van der Waals surface area contributed by atoms with E-state index in [2.05, 4.69) is 15.4 Å². The number of hydrogen-bond acceptors (Lipinski definition) is 4. The first-order chi connectivity index (χ1) is 9.54. The molecule has 1 aromatic carbocycles. The van der Waals surface area contributed by atoms with Gasteiger partial charge in [0.25, 0.3) is 5.91 Å². The summed E-state index contributed by atoms with van der Waals surface area (Å²) in [6.45, 7) is 3.64. The quantitative estimate of drug-likeness (QED) is 0.776. The van der Waals surface area contributed by atoms with E-state index in [1.54, 1.807) is 43.0 Å². The summed E-state index contributed by atoms with van der Waals surface area (Å²) in [5.74, 6) is 0.418. The lowest BCUT2D eigenvalue weighted by Crippen LogP contribution is -2.12. The number of fused-ring (bicyclic) bond motifs is 1. The predicted molar refractivity (Wildman–Crippen MR) is 74.6 cm³/mol. The number of anilines is 1. The van der Waals surface area contributed by atoms with E-state index in [0.29, 0.717) is 22.7 Å². The van der Waals surface area contributed by atoms with E-state index >= 15 is 0 Å². The van der Waals surface area contributed by atoms with Crippen molar-refractivity contribution in [2.45, 2.75) is 13.8 Å². The Morgan fingerprint density at radius 3 is 2.85 bits per heavy atom. The Labute approximate surface area is 115 Å². The summed E-state index contributed by atoms with van der Waals surface area (Å²) in [7, 11) is 1.80. The molecule has 2 aromatic heterocycles. The first-order valence-electron chi connectivity index (χ1n) is 6.22. The fourth-order valence-electron chi connectivity index (χ4n) is 2.04. The molecule has 0 spiro atoms. The van der Waals surface area contributed by atoms with Crippen molar-refractivity contribution >= 4 is 22.7 Å². The molecule has 0 unspecified atom stereocenters. The van der Waals surface area contributed by atoms with Gasteiger partial charge < -0.3 is 9.73 Å². The van der Waals surface area contributed by atoms with E-state index < -0.39 is 0 Å². The maximum Gasteiger partial charge on any atom is 0.259 e. The molecule has 0 saturated carbocycles. The summed E-state index contributed by atoms with van der Waals surface area (Å²) in [5.41, 5.74) is 3.49. The second-order valence-electron chi connectivity index (χ2n) is 4.64. The lowest BCUT2D eigenvalue weighted by Gasteiger charge is -2.04. The van der Waals surface area contributed by atoms with Gasteiger partial charge in [-0.1, -0.05) is 0 Å². The van der Waals surface area contributed by atoms with E-state index in [1.165, 1.54) is 0 Å². The molecule has 6 heteroatoms. The molecule has 0 radical (unpaired) electrons. The van der Waals surface area contributed by atoms with Crippen molar-refractivity contribution in [2.24, 2.45) is 7.05 Å². The Morgan fingerprint density at radius 2 is 2.15 bits per heavy atom. The first kappa shape index (κ1) is 12.4. The van der Waals surface area contributed by atoms with E-state index in [4.69, 9.17) is 4.42 Å². The number of rotatable bonds is 2. The van der Waals surface area contributed by atoms with Crippen LogP contribution >= 0.6 is 0 Å². The fourth-order valence-corrected chi connectivity index (χ4v) is 2.04. The zero-order chi connectivity index (χ0) is 14.3. The molecule has 3 aromatic rings. The second kappa shape index (κ2) is 4.48. The third-order valence-electron chi connectivity index (χ3n) is 3.23. The third kappa shape index (κ3) is 2.05. The van der Waals surface area contributed by atoms with Gasteiger partial charge in [-0.05, 0) is 25.1 Å². The maximum absolute atomic E-state index is 12.2. The van der Waals surface area contributed by atoms with Crippen LogP contribution in [-0.4, -0.2) is 20.7 Å². The molecule has 0 atom stereocenters. The minimum Gasteiger partial charge on any atom is -0.441 e. The van der Waals surface area contributed by atoms with Crippen LogP contribution in [0.1, 0.15) is 21.9 Å². The lowest BCUT2D eigenvalue weighted by molar-refractivity contribution is 0.102. The second-order valence-corrected chi connectivity index (χ2v) is 4.64. The van der Waals surface area contributed by atoms with Crippen LogP contribution in [0, 0.1) is 13.8 Å². The molecular formula is C14H14N4O2. The number of nitrogens with zero attached hydrogens (tertiary/aromatic N) is 3. The van der Waals surface area contributed by atoms with Gasteiger partial charge in [-0.25, -0.2) is 4.98 Å². The number of oxazole rings is 1. The highest BCUT2D eigenvalue weighted by atomic mass is 16.3. The SMILES string of the molecule is Cc1nc2cc(NC(=O)c3cnn(C)c3C)ccc2o1. The van der Waals surface area contributed by atoms with Crippen LogP contribution in [0.2, 0.25) is 0 Å². The van der Waals surface area contributed by atoms with Crippen molar-refractivity contribution in [3.8, 4) is 0 Å². The van der Waals surface area contributed by atoms with Gasteiger partial charge in [0.05, 0.1) is 11.8 Å². The van der Waals surface area contributed by atoms with Crippen LogP contribution in [0.3, 0.4) is 0 Å². The minimum atomic E-state index is -0.185. The number of carbonyl (C=O) groups is 1. The molecule has 0 aliphatic rings. The van der Waals surface area contributed by atoms with Crippen molar-refractivity contribution in [3.05, 3.63) is 41.5 Å². The number of carbonyl (C=O) groups excluding carboxylic acids is 1. The highest BCUT2D eigenvalue weighted by Crippen LogP contribution is 2.20. The molecule has 2 heterocycles. The Balaban J connectivity index is 1.88. The Bertz CT molecular complexity index is 801. The Hall–Kier alpha value is -2.63. The summed E-state index contributed by atoms with van der Waals surface area (Å²) in [4.78, 5) is 16.4. The molecule has 102 valence electrons. The summed E-state index contributed by atoms with van der Waals surface area (Å²) < 4.78 is 7.06. The molecule has 0 aliphatic carbocycles. The standard InChI is InChI=1S/C14H14N4O2/c1-8-11(7-15-18(8)3)14(19)17-10-4-5-13-12(6-10)16-9(2)20-13/h4-7H,1-3H3,(H,17,19). The maximum atomic E-state index is 12.2. The number of amides is 1. The Kier molecular flexibility index (Phi) is 2.78. The molecule has 6 nitrogen and oxygen atoms in total. The highest BCUT2D eigenvalue weighted by Gasteiger charge is 2.13. The van der Waals surface area contributed by atoms with E-state index in [1.807, 2.05) is 6.92 Å². The zero-order valence-electron chi connectivity index (χ0n) is 11.5. The number of hydrogen-bond donors (Lipinski definition) is 1. The Morgan fingerprint density at radius 1 is 1.35 bits per heavy atom. The molecule has 0 fully saturated rings. The summed E-state index contributed by atoms with van der Waals surface area (Å²) in [6.07, 6.45) is 1.56. The molecule has 0 bridgehead atoms. The van der Waals surface area contributed by atoms with E-state index in [9.17, 15) is 4.79 Å². The molecule has 0 aliphatic heterocycles. The van der Waals surface area contributed by atoms with Crippen LogP contribution in [0.4, 0.5) is 5.69 Å². The molecule has 20 heavy (non-hydrogen) atoms. The first-order valence-corrected chi connectivity index (χ1v) is 6.22. The van der Waals surface area contributed by atoms with Crippen LogP contribution in [0.15, 0.2) is 28.8 Å². The van der Waals surface area contributed by atoms with Crippen molar-refractivity contribution in [2.75, 3.05) is 5.32 Å². The summed E-state index contributed by atoms with van der Waals surface area (Å²) in [5, 5.41) is 6.90. The fraction of sp³-hybridized carbons (Fsp3) is 0.214. The van der Waals surface area contributed by atoms with Crippen LogP contribution < -0.4 is 5.32 Å². The summed E-state index contributed by atoms with van der Waals surface area (Å²) in [6, 6.07) is 5.37. The van der Waals surface area contributed by atoms with Gasteiger partial charge in [0.2, 0.25) is 0 Å². The van der Waals surface area contributed by atoms with Gasteiger partial charge in [0, 0.05) is 25.4 Å². The van der Waals surface area contributed by atoms with Crippen molar-refractivity contribution in [1.82, 2.24) is 14.8 Å². The topological polar surface area (TPSA) is 73.0 Å². The monoisotopic (exact) mass is 270 g/mol. The van der Waals surface area contributed by atoms with Gasteiger partial charge in [0.1, 0.15) is 5.52 Å². The molecule has 1 amide bonds. The molecule has 1 N–H and O–H groups in total. The van der Waals surface area contributed by atoms with Gasteiger partial charge in [-0.15, -0.1) is 0 Å². The van der Waals surface area contributed by atoms with E-state index in [0.717, 1.165) is 11.2 Å². The number of aromatic nitrogens is 3. The van der Waals surface area contributed by atoms with Gasteiger partial charge >= 0.3 is 0 Å². The highest BCUT2D eigenvalue weighted by molar-refractivity contribution is 6.05. The van der Waals surface area contributed by atoms with Crippen LogP contribution in [-0.2, 0) is 7.05 Å². The van der Waals surface area contributed by atoms with Crippen molar-refractivity contribution < 1.29 is 9.21 Å². The smallest absolute Gasteiger partial charge is 0.259 e. The molecule has 3 rings (SSSR count). The average molecular weight is 270 g/mol. The largest absolute Gasteiger partial charge is 0.441 e. The van der Waals surface area contributed by atoms with Gasteiger partial charge in [-0.3, -0.25) is 9.48 Å². The van der Waals surface area contributed by atoms with Crippen LogP contribution in [0.5, 0.6) is 0 Å². The molecule has 0 saturated heterocycles.